The zero-order valence-electron chi connectivity index (χ0n) is 14.5. The number of hydrogen-bond acceptors (Lipinski definition) is 5. The maximum absolute atomic E-state index is 12.4. The summed E-state index contributed by atoms with van der Waals surface area (Å²) in [5, 5.41) is 2.87. The van der Waals surface area contributed by atoms with Gasteiger partial charge in [-0.25, -0.2) is 9.98 Å². The van der Waals surface area contributed by atoms with Crippen LogP contribution < -0.4 is 11.1 Å². The van der Waals surface area contributed by atoms with E-state index in [0.717, 1.165) is 11.3 Å². The molecule has 0 saturated carbocycles. The lowest BCUT2D eigenvalue weighted by molar-refractivity contribution is -0.118. The van der Waals surface area contributed by atoms with Crippen LogP contribution in [0.25, 0.3) is 0 Å². The molecule has 1 amide bonds. The maximum atomic E-state index is 12.4. The van der Waals surface area contributed by atoms with Gasteiger partial charge in [-0.1, -0.05) is 6.07 Å². The van der Waals surface area contributed by atoms with Crippen molar-refractivity contribution >= 4 is 18.5 Å². The van der Waals surface area contributed by atoms with Crippen molar-refractivity contribution in [3.05, 3.63) is 65.1 Å². The SMILES string of the molecule is C=N/C(=N\C(N)=C(/C)C(=O)NC(C)c1ncccc1C)c1ccco1. The van der Waals surface area contributed by atoms with E-state index in [4.69, 9.17) is 10.2 Å². The van der Waals surface area contributed by atoms with Gasteiger partial charge in [0.1, 0.15) is 5.82 Å². The Balaban J connectivity index is 2.18. The van der Waals surface area contributed by atoms with Gasteiger partial charge in [0.2, 0.25) is 0 Å². The van der Waals surface area contributed by atoms with E-state index in [0.29, 0.717) is 5.76 Å². The van der Waals surface area contributed by atoms with Crippen molar-refractivity contribution in [1.29, 1.82) is 0 Å². The van der Waals surface area contributed by atoms with Crippen molar-refractivity contribution in [3.8, 4) is 0 Å². The number of nitrogens with one attached hydrogen (secondary N) is 1. The van der Waals surface area contributed by atoms with E-state index >= 15 is 0 Å². The van der Waals surface area contributed by atoms with Gasteiger partial charge in [-0.3, -0.25) is 9.78 Å². The van der Waals surface area contributed by atoms with Gasteiger partial charge in [-0.2, -0.15) is 0 Å². The van der Waals surface area contributed by atoms with Crippen molar-refractivity contribution in [2.75, 3.05) is 0 Å². The molecule has 1 atom stereocenters. The number of pyridine rings is 1. The van der Waals surface area contributed by atoms with Crippen LogP contribution in [0.2, 0.25) is 0 Å². The molecule has 0 spiro atoms. The summed E-state index contributed by atoms with van der Waals surface area (Å²) < 4.78 is 5.21. The zero-order valence-corrected chi connectivity index (χ0v) is 14.5. The van der Waals surface area contributed by atoms with E-state index in [9.17, 15) is 4.79 Å². The first-order valence-electron chi connectivity index (χ1n) is 7.72. The summed E-state index contributed by atoms with van der Waals surface area (Å²) in [6.07, 6.45) is 3.18. The summed E-state index contributed by atoms with van der Waals surface area (Å²) in [5.74, 6) is 0.342. The number of aliphatic imine (C=N–C) groups is 2. The molecule has 2 heterocycles. The first-order valence-corrected chi connectivity index (χ1v) is 7.72. The molecule has 7 nitrogen and oxygen atoms in total. The Morgan fingerprint density at radius 3 is 2.76 bits per heavy atom. The molecule has 25 heavy (non-hydrogen) atoms. The molecular weight excluding hydrogens is 318 g/mol. The maximum Gasteiger partial charge on any atom is 0.251 e. The van der Waals surface area contributed by atoms with Gasteiger partial charge in [0.05, 0.1) is 23.6 Å². The molecule has 3 N–H and O–H groups in total. The van der Waals surface area contributed by atoms with Crippen LogP contribution in [0.4, 0.5) is 0 Å². The van der Waals surface area contributed by atoms with E-state index in [1.165, 1.54) is 6.26 Å². The number of amidine groups is 1. The van der Waals surface area contributed by atoms with Gasteiger partial charge in [-0.05, 0) is 51.3 Å². The third-order valence-electron chi connectivity index (χ3n) is 3.65. The van der Waals surface area contributed by atoms with Gasteiger partial charge in [-0.15, -0.1) is 0 Å². The van der Waals surface area contributed by atoms with E-state index in [1.54, 1.807) is 25.3 Å². The minimum Gasteiger partial charge on any atom is -0.461 e. The molecular formula is C18H21N5O2. The highest BCUT2D eigenvalue weighted by Gasteiger charge is 2.16. The highest BCUT2D eigenvalue weighted by molar-refractivity contribution is 6.00. The number of carbonyl (C=O) groups excluding carboxylic acids is 1. The van der Waals surface area contributed by atoms with Gasteiger partial charge < -0.3 is 15.5 Å². The lowest BCUT2D eigenvalue weighted by Crippen LogP contribution is -2.29. The summed E-state index contributed by atoms with van der Waals surface area (Å²) in [7, 11) is 0. The molecule has 0 saturated heterocycles. The molecule has 0 aromatic carbocycles. The van der Waals surface area contributed by atoms with Crippen LogP contribution in [0.5, 0.6) is 0 Å². The largest absolute Gasteiger partial charge is 0.461 e. The highest BCUT2D eigenvalue weighted by Crippen LogP contribution is 2.15. The van der Waals surface area contributed by atoms with Crippen LogP contribution >= 0.6 is 0 Å². The number of nitrogens with two attached hydrogens (primary N) is 1. The van der Waals surface area contributed by atoms with Crippen LogP contribution in [0.1, 0.15) is 36.9 Å². The number of furan rings is 1. The molecule has 0 aliphatic carbocycles. The van der Waals surface area contributed by atoms with Crippen molar-refractivity contribution < 1.29 is 9.21 Å². The second-order valence-corrected chi connectivity index (χ2v) is 5.48. The number of hydrogen-bond donors (Lipinski definition) is 2. The standard InChI is InChI=1S/C18H21N5O2/c1-11-7-5-9-21-15(11)13(3)22-18(24)12(2)16(19)23-17(20-4)14-8-6-10-25-14/h5-10,13H,4,19H2,1-3H3,(H,22,24)/b16-12+,23-17-. The fourth-order valence-corrected chi connectivity index (χ4v) is 2.21. The Kier molecular flexibility index (Phi) is 5.84. The fourth-order valence-electron chi connectivity index (χ4n) is 2.21. The van der Waals surface area contributed by atoms with E-state index in [2.05, 4.69) is 27.0 Å². The van der Waals surface area contributed by atoms with Crippen molar-refractivity contribution in [2.24, 2.45) is 15.7 Å². The molecule has 2 rings (SSSR count). The molecule has 0 radical (unpaired) electrons. The number of nitrogens with zero attached hydrogens (tertiary/aromatic N) is 3. The predicted molar refractivity (Wildman–Crippen MR) is 97.2 cm³/mol. The average molecular weight is 339 g/mol. The summed E-state index contributed by atoms with van der Waals surface area (Å²) >= 11 is 0. The lowest BCUT2D eigenvalue weighted by Gasteiger charge is -2.16. The molecule has 0 aliphatic rings. The summed E-state index contributed by atoms with van der Waals surface area (Å²) in [6.45, 7) is 8.84. The topological polar surface area (TPSA) is 106 Å². The summed E-state index contributed by atoms with van der Waals surface area (Å²) in [5.41, 5.74) is 8.00. The molecule has 1 unspecified atom stereocenters. The number of aryl methyl sites for hydroxylation is 1. The number of rotatable bonds is 5. The molecule has 0 fully saturated rings. The smallest absolute Gasteiger partial charge is 0.251 e. The number of amides is 1. The monoisotopic (exact) mass is 339 g/mol. The van der Waals surface area contributed by atoms with Crippen molar-refractivity contribution in [2.45, 2.75) is 26.8 Å². The van der Waals surface area contributed by atoms with Crippen molar-refractivity contribution in [3.63, 3.8) is 0 Å². The van der Waals surface area contributed by atoms with E-state index in [-0.39, 0.29) is 29.2 Å². The fraction of sp³-hybridized carbons (Fsp3) is 0.222. The van der Waals surface area contributed by atoms with Gasteiger partial charge in [0, 0.05) is 6.20 Å². The first kappa shape index (κ1) is 18.1. The molecule has 2 aromatic rings. The van der Waals surface area contributed by atoms with Crippen LogP contribution in [-0.2, 0) is 4.79 Å². The minimum absolute atomic E-state index is 0.0428. The van der Waals surface area contributed by atoms with Gasteiger partial charge >= 0.3 is 0 Å². The minimum atomic E-state index is -0.332. The van der Waals surface area contributed by atoms with Gasteiger partial charge in [0.15, 0.2) is 11.6 Å². The third-order valence-corrected chi connectivity index (χ3v) is 3.65. The molecule has 7 heteroatoms. The lowest BCUT2D eigenvalue weighted by atomic mass is 10.1. The Labute approximate surface area is 146 Å². The molecule has 0 bridgehead atoms. The quantitative estimate of drug-likeness (QED) is 0.496. The normalized spacial score (nSPS) is 13.8. The zero-order chi connectivity index (χ0) is 18.4. The predicted octanol–water partition coefficient (Wildman–Crippen LogP) is 2.50. The van der Waals surface area contributed by atoms with Crippen LogP contribution in [0.15, 0.2) is 62.5 Å². The van der Waals surface area contributed by atoms with Gasteiger partial charge in [0.25, 0.3) is 5.91 Å². The van der Waals surface area contributed by atoms with Crippen molar-refractivity contribution in [1.82, 2.24) is 10.3 Å². The Bertz CT molecular complexity index is 822. The van der Waals surface area contributed by atoms with Crippen LogP contribution in [-0.4, -0.2) is 23.4 Å². The van der Waals surface area contributed by atoms with Crippen LogP contribution in [0, 0.1) is 6.92 Å². The highest BCUT2D eigenvalue weighted by atomic mass is 16.3. The Morgan fingerprint density at radius 1 is 1.40 bits per heavy atom. The number of carbonyl (C=O) groups is 1. The molecule has 2 aromatic heterocycles. The average Bonchev–Trinajstić information content (AvgIpc) is 3.13. The second-order valence-electron chi connectivity index (χ2n) is 5.48. The molecule has 0 aliphatic heterocycles. The molecule has 130 valence electrons. The van der Waals surface area contributed by atoms with Crippen LogP contribution in [0.3, 0.4) is 0 Å². The van der Waals surface area contributed by atoms with E-state index in [1.807, 2.05) is 26.0 Å². The Hall–Kier alpha value is -3.22. The Morgan fingerprint density at radius 2 is 2.16 bits per heavy atom. The first-order chi connectivity index (χ1) is 11.9. The van der Waals surface area contributed by atoms with E-state index < -0.39 is 0 Å². The summed E-state index contributed by atoms with van der Waals surface area (Å²) in [4.78, 5) is 24.6. The summed E-state index contributed by atoms with van der Waals surface area (Å²) in [6, 6.07) is 6.91. The number of aromatic nitrogens is 1. The third kappa shape index (κ3) is 4.41. The second kappa shape index (κ2) is 8.05.